The van der Waals surface area contributed by atoms with Crippen molar-refractivity contribution in [2.45, 2.75) is 25.3 Å². The number of rotatable bonds is 7. The molecule has 0 saturated carbocycles. The number of hydrogen-bond donors (Lipinski definition) is 2. The fourth-order valence-corrected chi connectivity index (χ4v) is 1.42. The van der Waals surface area contributed by atoms with E-state index in [0.29, 0.717) is 18.6 Å². The van der Waals surface area contributed by atoms with Crippen molar-refractivity contribution in [1.29, 1.82) is 0 Å². The van der Waals surface area contributed by atoms with E-state index in [-0.39, 0.29) is 12.3 Å². The van der Waals surface area contributed by atoms with Gasteiger partial charge in [-0.3, -0.25) is 4.79 Å². The van der Waals surface area contributed by atoms with Crippen LogP contribution < -0.4 is 5.32 Å². The van der Waals surface area contributed by atoms with E-state index >= 15 is 0 Å². The van der Waals surface area contributed by atoms with Gasteiger partial charge in [0.25, 0.3) is 0 Å². The van der Waals surface area contributed by atoms with Crippen LogP contribution in [-0.4, -0.2) is 35.0 Å². The van der Waals surface area contributed by atoms with Crippen LogP contribution in [0.3, 0.4) is 0 Å². The molecular formula is C10H15NO3S. The topological polar surface area (TPSA) is 66.4 Å². The minimum Gasteiger partial charge on any atom is -0.480 e. The Kier molecular flexibility index (Phi) is 7.56. The van der Waals surface area contributed by atoms with Crippen LogP contribution in [0.4, 0.5) is 0 Å². The number of carbonyl (C=O) groups excluding carboxylic acids is 1. The van der Waals surface area contributed by atoms with Gasteiger partial charge in [-0.1, -0.05) is 0 Å². The molecule has 2 N–H and O–H groups in total. The van der Waals surface area contributed by atoms with Gasteiger partial charge in [0, 0.05) is 12.8 Å². The van der Waals surface area contributed by atoms with E-state index < -0.39 is 12.0 Å². The summed E-state index contributed by atoms with van der Waals surface area (Å²) in [7, 11) is 0. The van der Waals surface area contributed by atoms with Gasteiger partial charge in [-0.15, -0.1) is 12.3 Å². The number of thioether (sulfide) groups is 1. The fraction of sp³-hybridized carbons (Fsp3) is 0.600. The molecule has 84 valence electrons. The molecule has 0 aliphatic rings. The largest absolute Gasteiger partial charge is 0.480 e. The molecule has 0 heterocycles. The van der Waals surface area contributed by atoms with Crippen LogP contribution in [0.5, 0.6) is 0 Å². The van der Waals surface area contributed by atoms with E-state index in [1.54, 1.807) is 11.8 Å². The van der Waals surface area contributed by atoms with Gasteiger partial charge in [-0.25, -0.2) is 4.79 Å². The molecule has 0 aliphatic carbocycles. The van der Waals surface area contributed by atoms with Crippen LogP contribution in [-0.2, 0) is 9.59 Å². The van der Waals surface area contributed by atoms with Crippen LogP contribution >= 0.6 is 11.8 Å². The Balaban J connectivity index is 3.99. The first-order valence-corrected chi connectivity index (χ1v) is 5.95. The van der Waals surface area contributed by atoms with Crippen molar-refractivity contribution in [3.63, 3.8) is 0 Å². The molecule has 0 rings (SSSR count). The average Bonchev–Trinajstić information content (AvgIpc) is 2.20. The van der Waals surface area contributed by atoms with Gasteiger partial charge < -0.3 is 10.4 Å². The number of terminal acetylenes is 1. The summed E-state index contributed by atoms with van der Waals surface area (Å²) in [5, 5.41) is 11.2. The zero-order valence-electron chi connectivity index (χ0n) is 8.66. The molecule has 0 fully saturated rings. The first-order chi connectivity index (χ1) is 7.11. The summed E-state index contributed by atoms with van der Waals surface area (Å²) >= 11 is 1.55. The van der Waals surface area contributed by atoms with Gasteiger partial charge in [0.1, 0.15) is 6.04 Å². The normalized spacial score (nSPS) is 11.5. The molecule has 0 aromatic heterocycles. The minimum atomic E-state index is -1.00. The van der Waals surface area contributed by atoms with Gasteiger partial charge in [-0.2, -0.15) is 11.8 Å². The fourth-order valence-electron chi connectivity index (χ4n) is 0.945. The quantitative estimate of drug-likeness (QED) is 0.631. The number of carboxylic acids is 1. The first-order valence-electron chi connectivity index (χ1n) is 4.56. The van der Waals surface area contributed by atoms with Crippen molar-refractivity contribution < 1.29 is 14.7 Å². The van der Waals surface area contributed by atoms with E-state index in [1.165, 1.54) is 0 Å². The lowest BCUT2D eigenvalue weighted by molar-refractivity contribution is -0.141. The Morgan fingerprint density at radius 2 is 2.27 bits per heavy atom. The lowest BCUT2D eigenvalue weighted by Crippen LogP contribution is -2.41. The maximum absolute atomic E-state index is 11.2. The van der Waals surface area contributed by atoms with E-state index in [9.17, 15) is 9.59 Å². The third-order valence-corrected chi connectivity index (χ3v) is 2.38. The minimum absolute atomic E-state index is 0.180. The molecule has 0 aliphatic heterocycles. The summed E-state index contributed by atoms with van der Waals surface area (Å²) in [6, 6.07) is -0.803. The van der Waals surface area contributed by atoms with Gasteiger partial charge in [0.15, 0.2) is 0 Å². The number of hydrogen-bond acceptors (Lipinski definition) is 3. The summed E-state index contributed by atoms with van der Waals surface area (Å²) in [5.74, 6) is 1.73. The second-order valence-corrected chi connectivity index (χ2v) is 3.93. The van der Waals surface area contributed by atoms with E-state index in [0.717, 1.165) is 0 Å². The highest BCUT2D eigenvalue weighted by Crippen LogP contribution is 2.01. The second kappa shape index (κ2) is 8.18. The smallest absolute Gasteiger partial charge is 0.326 e. The molecule has 5 heteroatoms. The van der Waals surface area contributed by atoms with Crippen LogP contribution in [0.15, 0.2) is 0 Å². The number of carboxylic acid groups (broad SMARTS) is 1. The molecule has 0 aromatic rings. The van der Waals surface area contributed by atoms with Crippen LogP contribution in [0, 0.1) is 12.3 Å². The molecular weight excluding hydrogens is 214 g/mol. The van der Waals surface area contributed by atoms with Crippen molar-refractivity contribution in [1.82, 2.24) is 5.32 Å². The van der Waals surface area contributed by atoms with Crippen molar-refractivity contribution in [2.75, 3.05) is 12.0 Å². The zero-order valence-corrected chi connectivity index (χ0v) is 9.47. The summed E-state index contributed by atoms with van der Waals surface area (Å²) in [4.78, 5) is 22.0. The Hall–Kier alpha value is -1.15. The number of amides is 1. The SMILES string of the molecule is C#CCCC(=O)N[C@@H](CCSC)C(=O)O. The van der Waals surface area contributed by atoms with Crippen molar-refractivity contribution in [2.24, 2.45) is 0 Å². The van der Waals surface area contributed by atoms with Crippen molar-refractivity contribution in [3.05, 3.63) is 0 Å². The third-order valence-electron chi connectivity index (χ3n) is 1.74. The van der Waals surface area contributed by atoms with Crippen molar-refractivity contribution >= 4 is 23.6 Å². The first kappa shape index (κ1) is 13.8. The number of carbonyl (C=O) groups is 2. The predicted molar refractivity (Wildman–Crippen MR) is 60.6 cm³/mol. The molecule has 4 nitrogen and oxygen atoms in total. The monoisotopic (exact) mass is 229 g/mol. The molecule has 0 aromatic carbocycles. The third kappa shape index (κ3) is 6.86. The lowest BCUT2D eigenvalue weighted by Gasteiger charge is -2.13. The molecule has 1 amide bonds. The van der Waals surface area contributed by atoms with Gasteiger partial charge in [0.05, 0.1) is 0 Å². The Bertz CT molecular complexity index is 260. The average molecular weight is 229 g/mol. The molecule has 0 unspecified atom stereocenters. The summed E-state index contributed by atoms with van der Waals surface area (Å²) in [6.07, 6.45) is 7.83. The maximum atomic E-state index is 11.2. The summed E-state index contributed by atoms with van der Waals surface area (Å²) in [6.45, 7) is 0. The molecule has 0 saturated heterocycles. The molecule has 1 atom stereocenters. The highest BCUT2D eigenvalue weighted by atomic mass is 32.2. The lowest BCUT2D eigenvalue weighted by atomic mass is 10.2. The van der Waals surface area contributed by atoms with E-state index in [4.69, 9.17) is 11.5 Å². The molecule has 0 bridgehead atoms. The second-order valence-electron chi connectivity index (χ2n) is 2.94. The van der Waals surface area contributed by atoms with Crippen LogP contribution in [0.25, 0.3) is 0 Å². The predicted octanol–water partition coefficient (Wildman–Crippen LogP) is 0.722. The van der Waals surface area contributed by atoms with Crippen molar-refractivity contribution in [3.8, 4) is 12.3 Å². The summed E-state index contributed by atoms with van der Waals surface area (Å²) < 4.78 is 0. The zero-order chi connectivity index (χ0) is 11.7. The highest BCUT2D eigenvalue weighted by molar-refractivity contribution is 7.98. The molecule has 15 heavy (non-hydrogen) atoms. The van der Waals surface area contributed by atoms with E-state index in [1.807, 2.05) is 6.26 Å². The van der Waals surface area contributed by atoms with Gasteiger partial charge >= 0.3 is 5.97 Å². The van der Waals surface area contributed by atoms with Gasteiger partial charge in [0.2, 0.25) is 5.91 Å². The van der Waals surface area contributed by atoms with Gasteiger partial charge in [-0.05, 0) is 18.4 Å². The van der Waals surface area contributed by atoms with E-state index in [2.05, 4.69) is 11.2 Å². The Morgan fingerprint density at radius 3 is 2.73 bits per heavy atom. The number of aliphatic carboxylic acids is 1. The molecule has 0 radical (unpaired) electrons. The maximum Gasteiger partial charge on any atom is 0.326 e. The Morgan fingerprint density at radius 1 is 1.60 bits per heavy atom. The Labute approximate surface area is 93.8 Å². The molecule has 0 spiro atoms. The summed E-state index contributed by atoms with van der Waals surface area (Å²) in [5.41, 5.74) is 0. The van der Waals surface area contributed by atoms with Crippen LogP contribution in [0.2, 0.25) is 0 Å². The number of nitrogens with one attached hydrogen (secondary N) is 1. The van der Waals surface area contributed by atoms with Crippen LogP contribution in [0.1, 0.15) is 19.3 Å². The highest BCUT2D eigenvalue weighted by Gasteiger charge is 2.18. The standard InChI is InChI=1S/C10H15NO3S/c1-3-4-5-9(12)11-8(10(13)14)6-7-15-2/h1,8H,4-7H2,2H3,(H,11,12)(H,13,14)/t8-/m0/s1.